The van der Waals surface area contributed by atoms with Crippen molar-refractivity contribution in [3.8, 4) is 0 Å². The van der Waals surface area contributed by atoms with Crippen molar-refractivity contribution in [2.24, 2.45) is 0 Å². The highest BCUT2D eigenvalue weighted by atomic mass is 32.2. The van der Waals surface area contributed by atoms with Crippen molar-refractivity contribution in [3.63, 3.8) is 0 Å². The van der Waals surface area contributed by atoms with Gasteiger partial charge in [0.05, 0.1) is 4.90 Å². The highest BCUT2D eigenvalue weighted by Gasteiger charge is 2.18. The van der Waals surface area contributed by atoms with Crippen LogP contribution in [0.4, 0.5) is 5.13 Å². The summed E-state index contributed by atoms with van der Waals surface area (Å²) in [4.78, 5) is 12.4. The van der Waals surface area contributed by atoms with E-state index < -0.39 is 15.9 Å². The lowest BCUT2D eigenvalue weighted by Gasteiger charge is -2.08. The van der Waals surface area contributed by atoms with E-state index in [1.165, 1.54) is 30.5 Å². The van der Waals surface area contributed by atoms with Crippen LogP contribution in [0.2, 0.25) is 0 Å². The molecule has 2 N–H and O–H groups in total. The number of aromatic nitrogens is 2. The Morgan fingerprint density at radius 1 is 1.26 bits per heavy atom. The van der Waals surface area contributed by atoms with E-state index in [1.54, 1.807) is 13.0 Å². The molecule has 124 valence electrons. The summed E-state index contributed by atoms with van der Waals surface area (Å²) in [5, 5.41) is 11.8. The van der Waals surface area contributed by atoms with E-state index in [0.29, 0.717) is 10.7 Å². The minimum absolute atomic E-state index is 0.0379. The second-order valence-corrected chi connectivity index (χ2v) is 8.13. The Bertz CT molecular complexity index is 828. The molecule has 1 aromatic heterocycles. The molecular weight excluding hydrogens is 336 g/mol. The van der Waals surface area contributed by atoms with E-state index >= 15 is 0 Å². The van der Waals surface area contributed by atoms with Gasteiger partial charge in [0.1, 0.15) is 5.01 Å². The number of sulfonamides is 1. The number of amides is 1. The van der Waals surface area contributed by atoms with E-state index in [2.05, 4.69) is 20.2 Å². The minimum atomic E-state index is -3.61. The number of carbonyl (C=O) groups is 1. The van der Waals surface area contributed by atoms with Gasteiger partial charge in [-0.05, 0) is 31.7 Å². The molecule has 0 saturated heterocycles. The monoisotopic (exact) mass is 354 g/mol. The number of nitrogens with one attached hydrogen (secondary N) is 2. The summed E-state index contributed by atoms with van der Waals surface area (Å²) in [7, 11) is -2.28. The molecule has 0 unspecified atom stereocenters. The van der Waals surface area contributed by atoms with Crippen LogP contribution in [0.25, 0.3) is 0 Å². The van der Waals surface area contributed by atoms with Gasteiger partial charge in [0.25, 0.3) is 5.91 Å². The number of benzene rings is 1. The summed E-state index contributed by atoms with van der Waals surface area (Å²) in [6, 6.07) is 4.40. The summed E-state index contributed by atoms with van der Waals surface area (Å²) in [5.41, 5.74) is 0.953. The Balaban J connectivity index is 2.29. The second kappa shape index (κ2) is 6.73. The highest BCUT2D eigenvalue weighted by Crippen LogP contribution is 2.23. The number of rotatable bonds is 5. The van der Waals surface area contributed by atoms with Gasteiger partial charge in [-0.1, -0.05) is 31.3 Å². The molecule has 0 atom stereocenters. The third-order valence-corrected chi connectivity index (χ3v) is 5.74. The minimum Gasteiger partial charge on any atom is -0.296 e. The van der Waals surface area contributed by atoms with Crippen LogP contribution in [0.3, 0.4) is 0 Å². The third kappa shape index (κ3) is 3.92. The average Bonchev–Trinajstić information content (AvgIpc) is 2.96. The molecular formula is C14H18N4O3S2. The molecule has 7 nitrogen and oxygen atoms in total. The van der Waals surface area contributed by atoms with Crippen LogP contribution in [0.15, 0.2) is 23.1 Å². The molecule has 0 saturated carbocycles. The van der Waals surface area contributed by atoms with E-state index in [-0.39, 0.29) is 16.4 Å². The van der Waals surface area contributed by atoms with Gasteiger partial charge >= 0.3 is 0 Å². The molecule has 0 aliphatic rings. The van der Waals surface area contributed by atoms with Crippen LogP contribution >= 0.6 is 11.3 Å². The summed E-state index contributed by atoms with van der Waals surface area (Å²) in [5.74, 6) is -0.189. The van der Waals surface area contributed by atoms with Crippen molar-refractivity contribution in [2.45, 2.75) is 31.6 Å². The molecule has 0 fully saturated rings. The van der Waals surface area contributed by atoms with E-state index in [9.17, 15) is 13.2 Å². The van der Waals surface area contributed by atoms with Crippen LogP contribution in [-0.2, 0) is 10.0 Å². The van der Waals surface area contributed by atoms with Crippen molar-refractivity contribution < 1.29 is 13.2 Å². The first-order valence-corrected chi connectivity index (χ1v) is 9.23. The van der Waals surface area contributed by atoms with Crippen LogP contribution in [-0.4, -0.2) is 31.6 Å². The molecule has 0 spiro atoms. The first kappa shape index (κ1) is 17.5. The smallest absolute Gasteiger partial charge is 0.257 e. The molecule has 1 amide bonds. The standard InChI is InChI=1S/C14H18N4O3S2/c1-8(2)13-17-18-14(22-13)16-12(19)11-7-10(6-5-9(11)3)23(20,21)15-4/h5-8,15H,1-4H3,(H,16,18,19). The molecule has 1 heterocycles. The maximum Gasteiger partial charge on any atom is 0.257 e. The summed E-state index contributed by atoms with van der Waals surface area (Å²) < 4.78 is 26.0. The highest BCUT2D eigenvalue weighted by molar-refractivity contribution is 7.89. The zero-order valence-electron chi connectivity index (χ0n) is 13.2. The topological polar surface area (TPSA) is 101 Å². The van der Waals surface area contributed by atoms with Crippen molar-refractivity contribution in [2.75, 3.05) is 12.4 Å². The molecule has 0 bridgehead atoms. The number of hydrogen-bond acceptors (Lipinski definition) is 6. The van der Waals surface area contributed by atoms with Crippen LogP contribution in [0, 0.1) is 6.92 Å². The van der Waals surface area contributed by atoms with Gasteiger partial charge in [0.15, 0.2) is 0 Å². The Morgan fingerprint density at radius 3 is 2.52 bits per heavy atom. The second-order valence-electron chi connectivity index (χ2n) is 5.24. The Labute approximate surface area is 139 Å². The molecule has 2 rings (SSSR count). The largest absolute Gasteiger partial charge is 0.296 e. The summed E-state index contributed by atoms with van der Waals surface area (Å²) in [6.07, 6.45) is 0. The Morgan fingerprint density at radius 2 is 1.96 bits per heavy atom. The first-order chi connectivity index (χ1) is 10.7. The molecule has 0 aliphatic carbocycles. The van der Waals surface area contributed by atoms with Crippen LogP contribution in [0.5, 0.6) is 0 Å². The van der Waals surface area contributed by atoms with Gasteiger partial charge in [-0.3, -0.25) is 10.1 Å². The van der Waals surface area contributed by atoms with Crippen LogP contribution in [0.1, 0.15) is 40.7 Å². The van der Waals surface area contributed by atoms with Gasteiger partial charge in [-0.25, -0.2) is 13.1 Å². The molecule has 9 heteroatoms. The molecule has 23 heavy (non-hydrogen) atoms. The fourth-order valence-corrected chi connectivity index (χ4v) is 3.31. The zero-order valence-corrected chi connectivity index (χ0v) is 14.9. The lowest BCUT2D eigenvalue weighted by Crippen LogP contribution is -2.20. The molecule has 0 aliphatic heterocycles. The van der Waals surface area contributed by atoms with Gasteiger partial charge in [-0.2, -0.15) is 0 Å². The number of hydrogen-bond donors (Lipinski definition) is 2. The van der Waals surface area contributed by atoms with E-state index in [0.717, 1.165) is 5.01 Å². The number of carbonyl (C=O) groups excluding carboxylic acids is 1. The SMILES string of the molecule is CNS(=O)(=O)c1ccc(C)c(C(=O)Nc2nnc(C(C)C)s2)c1. The van der Waals surface area contributed by atoms with Gasteiger partial charge in [0, 0.05) is 11.5 Å². The number of aryl methyl sites for hydroxylation is 1. The first-order valence-electron chi connectivity index (χ1n) is 6.93. The van der Waals surface area contributed by atoms with Gasteiger partial charge < -0.3 is 0 Å². The maximum absolute atomic E-state index is 12.4. The van der Waals surface area contributed by atoms with Crippen molar-refractivity contribution in [1.82, 2.24) is 14.9 Å². The van der Waals surface area contributed by atoms with Gasteiger partial charge in [-0.15, -0.1) is 10.2 Å². The quantitative estimate of drug-likeness (QED) is 0.856. The average molecular weight is 354 g/mol. The molecule has 1 aromatic carbocycles. The van der Waals surface area contributed by atoms with Crippen LogP contribution < -0.4 is 10.0 Å². The normalized spacial score (nSPS) is 11.7. The number of nitrogens with zero attached hydrogens (tertiary/aromatic N) is 2. The summed E-state index contributed by atoms with van der Waals surface area (Å²) >= 11 is 1.30. The zero-order chi connectivity index (χ0) is 17.2. The number of anilines is 1. The fraction of sp³-hybridized carbons (Fsp3) is 0.357. The maximum atomic E-state index is 12.4. The molecule has 2 aromatic rings. The Hall–Kier alpha value is -1.84. The third-order valence-electron chi connectivity index (χ3n) is 3.19. The fourth-order valence-electron chi connectivity index (χ4n) is 1.81. The lowest BCUT2D eigenvalue weighted by atomic mass is 10.1. The van der Waals surface area contributed by atoms with E-state index in [1.807, 2.05) is 13.8 Å². The van der Waals surface area contributed by atoms with Crippen molar-refractivity contribution in [3.05, 3.63) is 34.3 Å². The lowest BCUT2D eigenvalue weighted by molar-refractivity contribution is 0.102. The predicted octanol–water partition coefficient (Wildman–Crippen LogP) is 2.13. The molecule has 0 radical (unpaired) electrons. The van der Waals surface area contributed by atoms with Gasteiger partial charge in [0.2, 0.25) is 15.2 Å². The summed E-state index contributed by atoms with van der Waals surface area (Å²) in [6.45, 7) is 5.72. The van der Waals surface area contributed by atoms with Crippen molar-refractivity contribution in [1.29, 1.82) is 0 Å². The predicted molar refractivity (Wildman–Crippen MR) is 89.4 cm³/mol. The van der Waals surface area contributed by atoms with Crippen molar-refractivity contribution >= 4 is 32.4 Å². The Kier molecular flexibility index (Phi) is 5.12. The van der Waals surface area contributed by atoms with E-state index in [4.69, 9.17) is 0 Å².